The molecule has 0 bridgehead atoms. The lowest BCUT2D eigenvalue weighted by atomic mass is 10.1. The van der Waals surface area contributed by atoms with Crippen LogP contribution in [-0.4, -0.2) is 9.97 Å². The minimum Gasteiger partial charge on any atom is -0.355 e. The van der Waals surface area contributed by atoms with Crippen LogP contribution in [0.2, 0.25) is 0 Å². The molecule has 0 saturated heterocycles. The Labute approximate surface area is 150 Å². The number of benzene rings is 3. The minimum atomic E-state index is 0.678. The normalized spacial score (nSPS) is 11.0. The fourth-order valence-electron chi connectivity index (χ4n) is 3.42. The highest BCUT2D eigenvalue weighted by atomic mass is 14.7. The summed E-state index contributed by atoms with van der Waals surface area (Å²) in [7, 11) is 0. The summed E-state index contributed by atoms with van der Waals surface area (Å²) in [4.78, 5) is 6.89. The molecule has 0 spiro atoms. The standard InChI is InChI=1S/C23H15N3/c24-14-15-5-10-21-19(11-15)13-23(26-21)17-8-6-16(7-9-17)22-12-18-3-1-2-4-20(18)25-22/h1-13,25-26H. The van der Waals surface area contributed by atoms with Gasteiger partial charge in [0, 0.05) is 33.2 Å². The molecule has 0 amide bonds. The van der Waals surface area contributed by atoms with Crippen molar-refractivity contribution in [2.24, 2.45) is 0 Å². The van der Waals surface area contributed by atoms with Crippen molar-refractivity contribution in [2.75, 3.05) is 0 Å². The number of aromatic nitrogens is 2. The lowest BCUT2D eigenvalue weighted by molar-refractivity contribution is 1.43. The fourth-order valence-corrected chi connectivity index (χ4v) is 3.42. The zero-order chi connectivity index (χ0) is 17.5. The first-order valence-corrected chi connectivity index (χ1v) is 8.52. The molecule has 0 aliphatic carbocycles. The van der Waals surface area contributed by atoms with Gasteiger partial charge < -0.3 is 9.97 Å². The fraction of sp³-hybridized carbons (Fsp3) is 0. The summed E-state index contributed by atoms with van der Waals surface area (Å²) in [6.45, 7) is 0. The number of nitriles is 1. The zero-order valence-corrected chi connectivity index (χ0v) is 14.0. The first kappa shape index (κ1) is 14.6. The first-order valence-electron chi connectivity index (χ1n) is 8.52. The van der Waals surface area contributed by atoms with Crippen molar-refractivity contribution in [3.63, 3.8) is 0 Å². The highest BCUT2D eigenvalue weighted by Gasteiger charge is 2.06. The number of aromatic amines is 2. The summed E-state index contributed by atoms with van der Waals surface area (Å²) in [6, 6.07) is 29.0. The quantitative estimate of drug-likeness (QED) is 0.418. The third kappa shape index (κ3) is 2.37. The van der Waals surface area contributed by atoms with Crippen LogP contribution in [0.4, 0.5) is 0 Å². The lowest BCUT2D eigenvalue weighted by Crippen LogP contribution is -1.80. The third-order valence-electron chi connectivity index (χ3n) is 4.79. The minimum absolute atomic E-state index is 0.678. The predicted octanol–water partition coefficient (Wildman–Crippen LogP) is 5.85. The second kappa shape index (κ2) is 5.65. The average Bonchev–Trinajstić information content (AvgIpc) is 3.31. The van der Waals surface area contributed by atoms with Gasteiger partial charge in [0.2, 0.25) is 0 Å². The molecule has 2 aromatic heterocycles. The predicted molar refractivity (Wildman–Crippen MR) is 106 cm³/mol. The second-order valence-corrected chi connectivity index (χ2v) is 6.44. The smallest absolute Gasteiger partial charge is 0.0991 e. The molecule has 122 valence electrons. The van der Waals surface area contributed by atoms with Crippen LogP contribution in [0.5, 0.6) is 0 Å². The van der Waals surface area contributed by atoms with Gasteiger partial charge >= 0.3 is 0 Å². The molecule has 0 aliphatic heterocycles. The molecular weight excluding hydrogens is 318 g/mol. The second-order valence-electron chi connectivity index (χ2n) is 6.44. The van der Waals surface area contributed by atoms with Crippen molar-refractivity contribution in [1.29, 1.82) is 5.26 Å². The maximum absolute atomic E-state index is 9.05. The van der Waals surface area contributed by atoms with Gasteiger partial charge in [0.1, 0.15) is 0 Å². The van der Waals surface area contributed by atoms with Crippen molar-refractivity contribution in [1.82, 2.24) is 9.97 Å². The van der Waals surface area contributed by atoms with E-state index in [1.165, 1.54) is 5.39 Å². The van der Waals surface area contributed by atoms with Gasteiger partial charge in [0.25, 0.3) is 0 Å². The molecule has 3 nitrogen and oxygen atoms in total. The van der Waals surface area contributed by atoms with Crippen molar-refractivity contribution in [2.45, 2.75) is 0 Å². The van der Waals surface area contributed by atoms with Crippen molar-refractivity contribution >= 4 is 21.8 Å². The maximum Gasteiger partial charge on any atom is 0.0991 e. The largest absolute Gasteiger partial charge is 0.355 e. The van der Waals surface area contributed by atoms with Gasteiger partial charge in [0.05, 0.1) is 11.6 Å². The molecule has 0 radical (unpaired) electrons. The average molecular weight is 333 g/mol. The Morgan fingerprint density at radius 2 is 1.23 bits per heavy atom. The third-order valence-corrected chi connectivity index (χ3v) is 4.79. The highest BCUT2D eigenvalue weighted by Crippen LogP contribution is 2.28. The molecule has 0 saturated carbocycles. The lowest BCUT2D eigenvalue weighted by Gasteiger charge is -2.01. The number of hydrogen-bond donors (Lipinski definition) is 2. The molecule has 5 rings (SSSR count). The van der Waals surface area contributed by atoms with E-state index in [1.807, 2.05) is 24.3 Å². The van der Waals surface area contributed by atoms with Crippen LogP contribution >= 0.6 is 0 Å². The Bertz CT molecular complexity index is 1250. The Hall–Kier alpha value is -3.77. The molecule has 26 heavy (non-hydrogen) atoms. The SMILES string of the molecule is N#Cc1ccc2[nH]c(-c3ccc(-c4cc5ccccc5[nH]4)cc3)cc2c1. The summed E-state index contributed by atoms with van der Waals surface area (Å²) in [5.74, 6) is 0. The number of nitrogens with zero attached hydrogens (tertiary/aromatic N) is 1. The summed E-state index contributed by atoms with van der Waals surface area (Å²) in [6.07, 6.45) is 0. The maximum atomic E-state index is 9.05. The monoisotopic (exact) mass is 333 g/mol. The van der Waals surface area contributed by atoms with Crippen LogP contribution in [0.25, 0.3) is 44.3 Å². The van der Waals surface area contributed by atoms with E-state index in [1.54, 1.807) is 0 Å². The van der Waals surface area contributed by atoms with Crippen molar-refractivity contribution in [3.05, 3.63) is 84.4 Å². The number of para-hydroxylation sites is 1. The molecule has 0 unspecified atom stereocenters. The molecule has 0 fully saturated rings. The van der Waals surface area contributed by atoms with Crippen LogP contribution in [0.3, 0.4) is 0 Å². The molecule has 2 heterocycles. The highest BCUT2D eigenvalue weighted by molar-refractivity contribution is 5.88. The number of H-pyrrole nitrogens is 2. The van der Waals surface area contributed by atoms with Crippen molar-refractivity contribution < 1.29 is 0 Å². The van der Waals surface area contributed by atoms with E-state index in [4.69, 9.17) is 5.26 Å². The van der Waals surface area contributed by atoms with Crippen LogP contribution < -0.4 is 0 Å². The van der Waals surface area contributed by atoms with Gasteiger partial charge in [-0.15, -0.1) is 0 Å². The van der Waals surface area contributed by atoms with E-state index in [0.717, 1.165) is 38.9 Å². The summed E-state index contributed by atoms with van der Waals surface area (Å²) in [5, 5.41) is 11.3. The van der Waals surface area contributed by atoms with E-state index in [2.05, 4.69) is 70.6 Å². The topological polar surface area (TPSA) is 55.4 Å². The Morgan fingerprint density at radius 1 is 0.615 bits per heavy atom. The molecular formula is C23H15N3. The first-order chi connectivity index (χ1) is 12.8. The van der Waals surface area contributed by atoms with Gasteiger partial charge in [-0.2, -0.15) is 5.26 Å². The number of hydrogen-bond acceptors (Lipinski definition) is 1. The molecule has 3 aromatic carbocycles. The molecule has 2 N–H and O–H groups in total. The Balaban J connectivity index is 1.52. The van der Waals surface area contributed by atoms with E-state index in [9.17, 15) is 0 Å². The number of fused-ring (bicyclic) bond motifs is 2. The van der Waals surface area contributed by atoms with Crippen molar-refractivity contribution in [3.8, 4) is 28.6 Å². The van der Waals surface area contributed by atoms with Gasteiger partial charge in [-0.3, -0.25) is 0 Å². The van der Waals surface area contributed by atoms with E-state index in [0.29, 0.717) is 5.56 Å². The van der Waals surface area contributed by atoms with E-state index >= 15 is 0 Å². The Kier molecular flexibility index (Phi) is 3.16. The van der Waals surface area contributed by atoms with Gasteiger partial charge in [0.15, 0.2) is 0 Å². The summed E-state index contributed by atoms with van der Waals surface area (Å²) in [5.41, 5.74) is 7.32. The summed E-state index contributed by atoms with van der Waals surface area (Å²) < 4.78 is 0. The van der Waals surface area contributed by atoms with Gasteiger partial charge in [-0.1, -0.05) is 42.5 Å². The molecule has 0 aliphatic rings. The zero-order valence-electron chi connectivity index (χ0n) is 14.0. The summed E-state index contributed by atoms with van der Waals surface area (Å²) >= 11 is 0. The molecule has 5 aromatic rings. The Morgan fingerprint density at radius 3 is 1.88 bits per heavy atom. The number of nitrogens with one attached hydrogen (secondary N) is 2. The number of rotatable bonds is 2. The van der Waals surface area contributed by atoms with Crippen LogP contribution in [-0.2, 0) is 0 Å². The van der Waals surface area contributed by atoms with Gasteiger partial charge in [-0.25, -0.2) is 0 Å². The van der Waals surface area contributed by atoms with Crippen LogP contribution in [0.1, 0.15) is 5.56 Å². The van der Waals surface area contributed by atoms with E-state index < -0.39 is 0 Å². The van der Waals surface area contributed by atoms with E-state index in [-0.39, 0.29) is 0 Å². The molecule has 3 heteroatoms. The molecule has 0 atom stereocenters. The van der Waals surface area contributed by atoms with Crippen LogP contribution in [0, 0.1) is 11.3 Å². The van der Waals surface area contributed by atoms with Gasteiger partial charge in [-0.05, 0) is 47.5 Å². The van der Waals surface area contributed by atoms with Crippen LogP contribution in [0.15, 0.2) is 78.9 Å².